The average Bonchev–Trinajstić information content (AvgIpc) is 2.22. The van der Waals surface area contributed by atoms with Crippen molar-refractivity contribution in [3.05, 3.63) is 27.2 Å². The summed E-state index contributed by atoms with van der Waals surface area (Å²) in [6.45, 7) is 5.72. The summed E-state index contributed by atoms with van der Waals surface area (Å²) in [7, 11) is 0. The first-order chi connectivity index (χ1) is 8.19. The third kappa shape index (κ3) is 4.96. The third-order valence-electron chi connectivity index (χ3n) is 2.52. The van der Waals surface area contributed by atoms with Crippen molar-refractivity contribution in [2.24, 2.45) is 5.73 Å². The first-order valence-electron chi connectivity index (χ1n) is 5.73. The van der Waals surface area contributed by atoms with E-state index in [0.717, 1.165) is 10.0 Å². The third-order valence-corrected chi connectivity index (χ3v) is 3.58. The molecule has 0 saturated heterocycles. The minimum atomic E-state index is -0.334. The molecule has 0 spiro atoms. The molecule has 1 aromatic rings. The number of nitrogens with two attached hydrogens (primary N) is 1. The quantitative estimate of drug-likeness (QED) is 0.879. The molecule has 0 atom stereocenters. The van der Waals surface area contributed by atoms with Crippen LogP contribution in [0.3, 0.4) is 0 Å². The van der Waals surface area contributed by atoms with Crippen LogP contribution in [0.2, 0.25) is 5.02 Å². The Morgan fingerprint density at radius 1 is 1.50 bits per heavy atom. The molecule has 0 fully saturated rings. The number of rotatable bonds is 4. The largest absolute Gasteiger partial charge is 0.326 e. The fraction of sp³-hybridized carbons (Fsp3) is 0.462. The number of benzene rings is 1. The van der Waals surface area contributed by atoms with Crippen molar-refractivity contribution in [1.82, 2.24) is 0 Å². The SMILES string of the molecule is Cc1cc(Br)c(NC(=O)CCC(C)(C)N)cc1Cl. The highest BCUT2D eigenvalue weighted by Crippen LogP contribution is 2.29. The second kappa shape index (κ2) is 6.04. The number of anilines is 1. The van der Waals surface area contributed by atoms with E-state index >= 15 is 0 Å². The van der Waals surface area contributed by atoms with Gasteiger partial charge in [-0.05, 0) is 60.8 Å². The van der Waals surface area contributed by atoms with Crippen molar-refractivity contribution in [3.8, 4) is 0 Å². The molecule has 0 aliphatic heterocycles. The zero-order chi connectivity index (χ0) is 13.9. The smallest absolute Gasteiger partial charge is 0.224 e. The number of aryl methyl sites for hydroxylation is 1. The molecule has 0 heterocycles. The molecule has 1 amide bonds. The van der Waals surface area contributed by atoms with Gasteiger partial charge in [0.1, 0.15) is 0 Å². The van der Waals surface area contributed by atoms with Gasteiger partial charge in [0.2, 0.25) is 5.91 Å². The van der Waals surface area contributed by atoms with E-state index in [9.17, 15) is 4.79 Å². The first kappa shape index (κ1) is 15.5. The van der Waals surface area contributed by atoms with Gasteiger partial charge in [-0.3, -0.25) is 4.79 Å². The maximum absolute atomic E-state index is 11.8. The molecule has 5 heteroatoms. The highest BCUT2D eigenvalue weighted by molar-refractivity contribution is 9.10. The molecule has 0 aliphatic rings. The predicted octanol–water partition coefficient (Wildman–Crippen LogP) is 3.87. The van der Waals surface area contributed by atoms with E-state index in [2.05, 4.69) is 21.2 Å². The number of nitrogens with one attached hydrogen (secondary N) is 1. The van der Waals surface area contributed by atoms with Crippen molar-refractivity contribution < 1.29 is 4.79 Å². The Morgan fingerprint density at radius 3 is 2.67 bits per heavy atom. The number of hydrogen-bond donors (Lipinski definition) is 2. The van der Waals surface area contributed by atoms with Crippen LogP contribution in [0, 0.1) is 6.92 Å². The van der Waals surface area contributed by atoms with Gasteiger partial charge in [-0.25, -0.2) is 0 Å². The summed E-state index contributed by atoms with van der Waals surface area (Å²) < 4.78 is 0.824. The van der Waals surface area contributed by atoms with Gasteiger partial charge in [0.25, 0.3) is 0 Å². The summed E-state index contributed by atoms with van der Waals surface area (Å²) in [6, 6.07) is 3.62. The van der Waals surface area contributed by atoms with E-state index in [1.807, 2.05) is 26.8 Å². The highest BCUT2D eigenvalue weighted by atomic mass is 79.9. The topological polar surface area (TPSA) is 55.1 Å². The summed E-state index contributed by atoms with van der Waals surface area (Å²) >= 11 is 9.43. The zero-order valence-electron chi connectivity index (χ0n) is 10.8. The Kier molecular flexibility index (Phi) is 5.20. The van der Waals surface area contributed by atoms with Crippen LogP contribution < -0.4 is 11.1 Å². The van der Waals surface area contributed by atoms with Crippen LogP contribution in [-0.4, -0.2) is 11.4 Å². The first-order valence-corrected chi connectivity index (χ1v) is 6.90. The maximum atomic E-state index is 11.8. The van der Waals surface area contributed by atoms with Crippen LogP contribution in [0.1, 0.15) is 32.3 Å². The van der Waals surface area contributed by atoms with Crippen molar-refractivity contribution in [3.63, 3.8) is 0 Å². The van der Waals surface area contributed by atoms with Crippen molar-refractivity contribution in [1.29, 1.82) is 0 Å². The summed E-state index contributed by atoms with van der Waals surface area (Å²) in [6.07, 6.45) is 1.03. The molecule has 1 aromatic carbocycles. The Labute approximate surface area is 121 Å². The lowest BCUT2D eigenvalue weighted by Crippen LogP contribution is -2.33. The summed E-state index contributed by atoms with van der Waals surface area (Å²) in [5, 5.41) is 3.46. The molecule has 0 unspecified atom stereocenters. The van der Waals surface area contributed by atoms with Crippen molar-refractivity contribution in [2.45, 2.75) is 39.2 Å². The van der Waals surface area contributed by atoms with E-state index in [1.54, 1.807) is 6.07 Å². The average molecular weight is 334 g/mol. The zero-order valence-corrected chi connectivity index (χ0v) is 13.2. The number of hydrogen-bond acceptors (Lipinski definition) is 2. The molecule has 1 rings (SSSR count). The van der Waals surface area contributed by atoms with E-state index in [0.29, 0.717) is 23.6 Å². The Morgan fingerprint density at radius 2 is 2.11 bits per heavy atom. The standard InChI is InChI=1S/C13H18BrClN2O/c1-8-6-9(14)11(7-10(8)15)17-12(18)4-5-13(2,3)16/h6-7H,4-5,16H2,1-3H3,(H,17,18). The van der Waals surface area contributed by atoms with E-state index < -0.39 is 0 Å². The normalized spacial score (nSPS) is 11.4. The molecule has 0 aromatic heterocycles. The Hall–Kier alpha value is -0.580. The van der Waals surface area contributed by atoms with Crippen LogP contribution in [0.5, 0.6) is 0 Å². The summed E-state index contributed by atoms with van der Waals surface area (Å²) in [4.78, 5) is 11.8. The van der Waals surface area contributed by atoms with Crippen molar-refractivity contribution >= 4 is 39.1 Å². The van der Waals surface area contributed by atoms with Gasteiger partial charge in [-0.1, -0.05) is 11.6 Å². The molecule has 3 nitrogen and oxygen atoms in total. The molecule has 3 N–H and O–H groups in total. The van der Waals surface area contributed by atoms with Gasteiger partial charge in [-0.15, -0.1) is 0 Å². The summed E-state index contributed by atoms with van der Waals surface area (Å²) in [5.41, 5.74) is 7.16. The summed E-state index contributed by atoms with van der Waals surface area (Å²) in [5.74, 6) is -0.0610. The molecule has 0 saturated carbocycles. The van der Waals surface area contributed by atoms with Gasteiger partial charge in [0.15, 0.2) is 0 Å². The molecule has 0 aliphatic carbocycles. The predicted molar refractivity (Wildman–Crippen MR) is 80.0 cm³/mol. The van der Waals surface area contributed by atoms with Crippen LogP contribution in [0.25, 0.3) is 0 Å². The van der Waals surface area contributed by atoms with Gasteiger partial charge < -0.3 is 11.1 Å². The second-order valence-electron chi connectivity index (χ2n) is 5.12. The lowest BCUT2D eigenvalue weighted by molar-refractivity contribution is -0.116. The minimum absolute atomic E-state index is 0.0610. The van der Waals surface area contributed by atoms with E-state index in [4.69, 9.17) is 17.3 Å². The van der Waals surface area contributed by atoms with E-state index in [1.165, 1.54) is 0 Å². The molecule has 0 radical (unpaired) electrons. The van der Waals surface area contributed by atoms with Crippen LogP contribution >= 0.6 is 27.5 Å². The van der Waals surface area contributed by atoms with Gasteiger partial charge >= 0.3 is 0 Å². The fourth-order valence-electron chi connectivity index (χ4n) is 1.39. The number of halogens is 2. The van der Waals surface area contributed by atoms with Crippen LogP contribution in [0.4, 0.5) is 5.69 Å². The van der Waals surface area contributed by atoms with Gasteiger partial charge in [-0.2, -0.15) is 0 Å². The minimum Gasteiger partial charge on any atom is -0.326 e. The molecule has 0 bridgehead atoms. The molecular weight excluding hydrogens is 316 g/mol. The molecular formula is C13H18BrClN2O. The Balaban J connectivity index is 2.68. The Bertz CT molecular complexity index is 455. The maximum Gasteiger partial charge on any atom is 0.224 e. The van der Waals surface area contributed by atoms with Crippen LogP contribution in [0.15, 0.2) is 16.6 Å². The van der Waals surface area contributed by atoms with Gasteiger partial charge in [0, 0.05) is 21.5 Å². The second-order valence-corrected chi connectivity index (χ2v) is 6.38. The van der Waals surface area contributed by atoms with E-state index in [-0.39, 0.29) is 11.4 Å². The monoisotopic (exact) mass is 332 g/mol. The number of amides is 1. The fourth-order valence-corrected chi connectivity index (χ4v) is 2.11. The molecule has 100 valence electrons. The lowest BCUT2D eigenvalue weighted by Gasteiger charge is -2.18. The number of carbonyl (C=O) groups is 1. The van der Waals surface area contributed by atoms with Gasteiger partial charge in [0.05, 0.1) is 5.69 Å². The van der Waals surface area contributed by atoms with Crippen LogP contribution in [-0.2, 0) is 4.79 Å². The highest BCUT2D eigenvalue weighted by Gasteiger charge is 2.14. The number of carbonyl (C=O) groups excluding carboxylic acids is 1. The van der Waals surface area contributed by atoms with Crippen molar-refractivity contribution in [2.75, 3.05) is 5.32 Å². The molecule has 18 heavy (non-hydrogen) atoms. The lowest BCUT2D eigenvalue weighted by atomic mass is 10.00.